The monoisotopic (exact) mass is 472 g/mol. The number of aryl methyl sites for hydroxylation is 3. The molecule has 0 aliphatic heterocycles. The summed E-state index contributed by atoms with van der Waals surface area (Å²) in [6, 6.07) is 5.67. The summed E-state index contributed by atoms with van der Waals surface area (Å²) in [6.45, 7) is 6.11. The van der Waals surface area contributed by atoms with E-state index in [0.29, 0.717) is 17.2 Å². The lowest BCUT2D eigenvalue weighted by molar-refractivity contribution is 0.0519. The summed E-state index contributed by atoms with van der Waals surface area (Å²) in [6.07, 6.45) is 9.23. The normalized spacial score (nSPS) is 17.2. The van der Waals surface area contributed by atoms with Crippen molar-refractivity contribution < 1.29 is 17.9 Å². The third kappa shape index (κ3) is 4.90. The second kappa shape index (κ2) is 10.0. The van der Waals surface area contributed by atoms with E-state index in [-0.39, 0.29) is 12.6 Å². The molecule has 1 N–H and O–H groups in total. The van der Waals surface area contributed by atoms with Crippen molar-refractivity contribution >= 4 is 16.0 Å². The van der Waals surface area contributed by atoms with Gasteiger partial charge in [-0.2, -0.15) is 4.31 Å². The highest BCUT2D eigenvalue weighted by atomic mass is 32.2. The van der Waals surface area contributed by atoms with Gasteiger partial charge in [0.2, 0.25) is 10.0 Å². The number of carbonyl (C=O) groups is 1. The molecule has 0 bridgehead atoms. The number of hydrogen-bond donors (Lipinski definition) is 1. The van der Waals surface area contributed by atoms with E-state index < -0.39 is 16.0 Å². The van der Waals surface area contributed by atoms with E-state index in [1.165, 1.54) is 17.5 Å². The number of sulfonamides is 1. The molecule has 0 amide bonds. The minimum Gasteiger partial charge on any atom is -0.461 e. The maximum absolute atomic E-state index is 14.0. The predicted molar refractivity (Wildman–Crippen MR) is 129 cm³/mol. The van der Waals surface area contributed by atoms with E-state index in [0.717, 1.165) is 68.2 Å². The van der Waals surface area contributed by atoms with E-state index >= 15 is 0 Å². The molecule has 0 spiro atoms. The topological polar surface area (TPSA) is 79.5 Å². The van der Waals surface area contributed by atoms with Crippen LogP contribution >= 0.6 is 0 Å². The standard InChI is InChI=1S/C26H36N2O4S/c1-4-32-26(29)25-18(2)24(19(3)27-25)17-28(22-12-6-5-7-13-22)33(30,31)23-15-14-20-10-8-9-11-21(20)16-23/h14-16,22,27H,4-13,17H2,1-3H3. The average Bonchev–Trinajstić information content (AvgIpc) is 3.11. The van der Waals surface area contributed by atoms with Crippen LogP contribution in [-0.4, -0.2) is 36.3 Å². The van der Waals surface area contributed by atoms with Crippen LogP contribution in [0.3, 0.4) is 0 Å². The molecule has 0 atom stereocenters. The van der Waals surface area contributed by atoms with Gasteiger partial charge in [-0.05, 0) is 93.7 Å². The van der Waals surface area contributed by atoms with Crippen LogP contribution in [0.2, 0.25) is 0 Å². The zero-order valence-electron chi connectivity index (χ0n) is 20.1. The van der Waals surface area contributed by atoms with Gasteiger partial charge in [-0.1, -0.05) is 25.3 Å². The first kappa shape index (κ1) is 24.0. The van der Waals surface area contributed by atoms with E-state index in [4.69, 9.17) is 4.74 Å². The molecule has 0 saturated heterocycles. The Bertz CT molecular complexity index is 1110. The number of rotatable bonds is 7. The molecule has 2 aliphatic carbocycles. The number of nitrogens with one attached hydrogen (secondary N) is 1. The highest BCUT2D eigenvalue weighted by molar-refractivity contribution is 7.89. The van der Waals surface area contributed by atoms with Crippen LogP contribution in [0.4, 0.5) is 0 Å². The van der Waals surface area contributed by atoms with Gasteiger partial charge in [-0.25, -0.2) is 13.2 Å². The number of carbonyl (C=O) groups excluding carboxylic acids is 1. The molecule has 1 aromatic carbocycles. The van der Waals surface area contributed by atoms with Crippen molar-refractivity contribution in [3.8, 4) is 0 Å². The fourth-order valence-corrected chi connectivity index (χ4v) is 7.08. The number of esters is 1. The van der Waals surface area contributed by atoms with Crippen molar-refractivity contribution in [3.63, 3.8) is 0 Å². The Morgan fingerprint density at radius 2 is 1.76 bits per heavy atom. The Kier molecular flexibility index (Phi) is 7.29. The molecule has 7 heteroatoms. The second-order valence-electron chi connectivity index (χ2n) is 9.43. The van der Waals surface area contributed by atoms with Crippen LogP contribution in [0.25, 0.3) is 0 Å². The first-order valence-corrected chi connectivity index (χ1v) is 13.8. The molecule has 0 unspecified atom stereocenters. The number of H-pyrrole nitrogens is 1. The molecule has 1 saturated carbocycles. The number of aromatic nitrogens is 1. The Balaban J connectivity index is 1.71. The summed E-state index contributed by atoms with van der Waals surface area (Å²) in [5.74, 6) is -0.397. The van der Waals surface area contributed by atoms with Crippen molar-refractivity contribution in [2.24, 2.45) is 0 Å². The number of ether oxygens (including phenoxy) is 1. The summed E-state index contributed by atoms with van der Waals surface area (Å²) < 4.78 is 34.9. The number of benzene rings is 1. The zero-order valence-corrected chi connectivity index (χ0v) is 20.9. The van der Waals surface area contributed by atoms with Gasteiger partial charge in [0, 0.05) is 18.3 Å². The minimum atomic E-state index is -3.68. The maximum atomic E-state index is 14.0. The van der Waals surface area contributed by atoms with Crippen LogP contribution < -0.4 is 0 Å². The molecule has 6 nitrogen and oxygen atoms in total. The molecule has 0 radical (unpaired) electrons. The molecular weight excluding hydrogens is 436 g/mol. The van der Waals surface area contributed by atoms with E-state index in [2.05, 4.69) is 4.98 Å². The van der Waals surface area contributed by atoms with Crippen molar-refractivity contribution in [2.45, 2.75) is 96.0 Å². The van der Waals surface area contributed by atoms with Crippen LogP contribution in [0.1, 0.15) is 90.3 Å². The lowest BCUT2D eigenvalue weighted by Gasteiger charge is -2.34. The predicted octanol–water partition coefficient (Wildman–Crippen LogP) is 5.21. The Hall–Kier alpha value is -2.12. The van der Waals surface area contributed by atoms with Gasteiger partial charge in [0.25, 0.3) is 0 Å². The number of fused-ring (bicyclic) bond motifs is 1. The second-order valence-corrected chi connectivity index (χ2v) is 11.3. The molecule has 1 fully saturated rings. The van der Waals surface area contributed by atoms with Crippen molar-refractivity contribution in [2.75, 3.05) is 6.61 Å². The molecule has 4 rings (SSSR count). The maximum Gasteiger partial charge on any atom is 0.355 e. The quantitative estimate of drug-likeness (QED) is 0.561. The molecule has 2 aliphatic rings. The van der Waals surface area contributed by atoms with E-state index in [1.54, 1.807) is 17.3 Å². The molecule has 33 heavy (non-hydrogen) atoms. The SMILES string of the molecule is CCOC(=O)c1[nH]c(C)c(CN(C2CCCCC2)S(=O)(=O)c2ccc3c(c2)CCCC3)c1C. The number of hydrogen-bond acceptors (Lipinski definition) is 4. The van der Waals surface area contributed by atoms with Gasteiger partial charge in [-0.3, -0.25) is 0 Å². The van der Waals surface area contributed by atoms with Gasteiger partial charge in [0.1, 0.15) is 5.69 Å². The van der Waals surface area contributed by atoms with Crippen LogP contribution in [0.5, 0.6) is 0 Å². The summed E-state index contributed by atoms with van der Waals surface area (Å²) in [5.41, 5.74) is 5.32. The lowest BCUT2D eigenvalue weighted by Crippen LogP contribution is -2.41. The highest BCUT2D eigenvalue weighted by Gasteiger charge is 2.34. The summed E-state index contributed by atoms with van der Waals surface area (Å²) in [5, 5.41) is 0. The Morgan fingerprint density at radius 1 is 1.06 bits per heavy atom. The highest BCUT2D eigenvalue weighted by Crippen LogP contribution is 2.33. The first-order chi connectivity index (χ1) is 15.8. The minimum absolute atomic E-state index is 0.0282. The Morgan fingerprint density at radius 3 is 2.45 bits per heavy atom. The zero-order chi connectivity index (χ0) is 23.6. The fraction of sp³-hybridized carbons (Fsp3) is 0.577. The van der Waals surface area contributed by atoms with Crippen molar-refractivity contribution in [1.29, 1.82) is 0 Å². The third-order valence-corrected chi connectivity index (χ3v) is 9.19. The lowest BCUT2D eigenvalue weighted by atomic mass is 9.92. The van der Waals surface area contributed by atoms with Gasteiger partial charge < -0.3 is 9.72 Å². The van der Waals surface area contributed by atoms with Crippen LogP contribution in [0.15, 0.2) is 23.1 Å². The van der Waals surface area contributed by atoms with Gasteiger partial charge in [0.05, 0.1) is 11.5 Å². The average molecular weight is 473 g/mol. The van der Waals surface area contributed by atoms with E-state index in [9.17, 15) is 13.2 Å². The smallest absolute Gasteiger partial charge is 0.355 e. The van der Waals surface area contributed by atoms with Crippen LogP contribution in [-0.2, 0) is 34.1 Å². The molecule has 1 heterocycles. The molecular formula is C26H36N2O4S. The fourth-order valence-electron chi connectivity index (χ4n) is 5.37. The Labute approximate surface area is 197 Å². The third-order valence-electron chi connectivity index (χ3n) is 7.29. The largest absolute Gasteiger partial charge is 0.461 e. The molecule has 180 valence electrons. The van der Waals surface area contributed by atoms with Crippen LogP contribution in [0, 0.1) is 13.8 Å². The first-order valence-electron chi connectivity index (χ1n) is 12.3. The van der Waals surface area contributed by atoms with Crippen molar-refractivity contribution in [1.82, 2.24) is 9.29 Å². The van der Waals surface area contributed by atoms with Gasteiger partial charge >= 0.3 is 5.97 Å². The van der Waals surface area contributed by atoms with Gasteiger partial charge in [-0.15, -0.1) is 0 Å². The number of aromatic amines is 1. The molecule has 1 aromatic heterocycles. The van der Waals surface area contributed by atoms with Gasteiger partial charge in [0.15, 0.2) is 0 Å². The summed E-state index contributed by atoms with van der Waals surface area (Å²) in [4.78, 5) is 15.9. The van der Waals surface area contributed by atoms with E-state index in [1.807, 2.05) is 26.0 Å². The number of nitrogens with zero attached hydrogens (tertiary/aromatic N) is 1. The molecule has 2 aromatic rings. The summed E-state index contributed by atoms with van der Waals surface area (Å²) in [7, 11) is -3.68. The summed E-state index contributed by atoms with van der Waals surface area (Å²) >= 11 is 0. The van der Waals surface area contributed by atoms with Crippen molar-refractivity contribution in [3.05, 3.63) is 51.8 Å².